The smallest absolute Gasteiger partial charge is 0.312 e. The molecule has 1 aromatic carbocycles. The molecule has 1 aliphatic heterocycles. The van der Waals surface area contributed by atoms with Gasteiger partial charge in [-0.1, -0.05) is 6.07 Å². The van der Waals surface area contributed by atoms with E-state index in [1.165, 1.54) is 0 Å². The number of ether oxygens (including phenoxy) is 1. The van der Waals surface area contributed by atoms with Crippen LogP contribution in [0.3, 0.4) is 0 Å². The van der Waals surface area contributed by atoms with E-state index >= 15 is 0 Å². The van der Waals surface area contributed by atoms with Crippen LogP contribution in [0.25, 0.3) is 22.4 Å². The number of esters is 1. The fraction of sp³-hybridized carbons (Fsp3) is 0.562. The van der Waals surface area contributed by atoms with Crippen molar-refractivity contribution in [2.45, 2.75) is 85.5 Å². The van der Waals surface area contributed by atoms with Crippen LogP contribution in [0.5, 0.6) is 0 Å². The Bertz CT molecular complexity index is 1450. The van der Waals surface area contributed by atoms with Gasteiger partial charge in [0.25, 0.3) is 5.56 Å². The highest BCUT2D eigenvalue weighted by Gasteiger charge is 2.29. The number of aryl methyl sites for hydroxylation is 3. The summed E-state index contributed by atoms with van der Waals surface area (Å²) in [7, 11) is 1.75. The van der Waals surface area contributed by atoms with E-state index in [4.69, 9.17) is 9.72 Å². The lowest BCUT2D eigenvalue weighted by Crippen LogP contribution is -2.39. The first-order valence-corrected chi connectivity index (χ1v) is 14.6. The zero-order chi connectivity index (χ0) is 30.1. The van der Waals surface area contributed by atoms with Gasteiger partial charge in [-0.15, -0.1) is 0 Å². The minimum Gasteiger partial charge on any atom is -0.460 e. The number of fused-ring (bicyclic) bond motifs is 1. The second-order valence-electron chi connectivity index (χ2n) is 12.6. The molecule has 0 unspecified atom stereocenters. The van der Waals surface area contributed by atoms with E-state index in [-0.39, 0.29) is 17.4 Å². The van der Waals surface area contributed by atoms with Crippen molar-refractivity contribution in [3.8, 4) is 11.4 Å². The van der Waals surface area contributed by atoms with Gasteiger partial charge in [-0.05, 0) is 90.0 Å². The summed E-state index contributed by atoms with van der Waals surface area (Å²) in [6, 6.07) is 8.04. The van der Waals surface area contributed by atoms with Gasteiger partial charge >= 0.3 is 5.97 Å². The molecule has 1 aliphatic rings. The molecule has 0 radical (unpaired) electrons. The zero-order valence-corrected chi connectivity index (χ0v) is 25.4. The minimum atomic E-state index is -0.822. The highest BCUT2D eigenvalue weighted by atomic mass is 16.6. The molecule has 41 heavy (non-hydrogen) atoms. The summed E-state index contributed by atoms with van der Waals surface area (Å²) in [5.41, 5.74) is 3.67. The number of aromatic nitrogens is 3. The number of pyridine rings is 1. The Morgan fingerprint density at radius 2 is 1.95 bits per heavy atom. The fourth-order valence-electron chi connectivity index (χ4n) is 5.75. The number of hydrogen-bond donors (Lipinski definition) is 1. The van der Waals surface area contributed by atoms with Crippen molar-refractivity contribution in [3.05, 3.63) is 51.9 Å². The van der Waals surface area contributed by atoms with Crippen molar-refractivity contribution >= 4 is 22.9 Å². The van der Waals surface area contributed by atoms with Crippen LogP contribution in [0, 0.1) is 18.8 Å². The molecule has 3 atom stereocenters. The Morgan fingerprint density at radius 1 is 1.22 bits per heavy atom. The third kappa shape index (κ3) is 7.25. The zero-order valence-electron chi connectivity index (χ0n) is 25.4. The Labute approximate surface area is 242 Å². The first-order chi connectivity index (χ1) is 19.2. The number of amides is 1. The highest BCUT2D eigenvalue weighted by molar-refractivity contribution is 5.81. The first kappa shape index (κ1) is 30.5. The molecular weight excluding hydrogens is 520 g/mol. The normalized spacial score (nSPS) is 17.5. The summed E-state index contributed by atoms with van der Waals surface area (Å²) in [5.74, 6) is 0.161. The number of rotatable bonds is 8. The van der Waals surface area contributed by atoms with E-state index in [1.807, 2.05) is 57.0 Å². The van der Waals surface area contributed by atoms with Crippen LogP contribution in [-0.4, -0.2) is 60.8 Å². The van der Waals surface area contributed by atoms with Crippen molar-refractivity contribution in [1.82, 2.24) is 19.0 Å². The molecule has 1 fully saturated rings. The van der Waals surface area contributed by atoms with E-state index in [2.05, 4.69) is 10.6 Å². The van der Waals surface area contributed by atoms with Crippen LogP contribution in [-0.2, 0) is 34.3 Å². The largest absolute Gasteiger partial charge is 0.460 e. The molecule has 2 aromatic heterocycles. The predicted octanol–water partition coefficient (Wildman–Crippen LogP) is 4.24. The van der Waals surface area contributed by atoms with Crippen molar-refractivity contribution < 1.29 is 19.4 Å². The molecule has 9 nitrogen and oxygen atoms in total. The highest BCUT2D eigenvalue weighted by Crippen LogP contribution is 2.30. The number of aliphatic hydroxyl groups excluding tert-OH is 1. The maximum absolute atomic E-state index is 12.7. The molecule has 0 saturated carbocycles. The maximum Gasteiger partial charge on any atom is 0.312 e. The number of aliphatic hydroxyl groups is 1. The number of imidazole rings is 1. The molecule has 0 aliphatic carbocycles. The van der Waals surface area contributed by atoms with Gasteiger partial charge in [0.2, 0.25) is 5.91 Å². The van der Waals surface area contributed by atoms with Gasteiger partial charge in [-0.25, -0.2) is 4.98 Å². The molecule has 4 rings (SSSR count). The van der Waals surface area contributed by atoms with E-state index in [0.29, 0.717) is 31.5 Å². The second-order valence-corrected chi connectivity index (χ2v) is 12.6. The van der Waals surface area contributed by atoms with Gasteiger partial charge in [0.15, 0.2) is 0 Å². The van der Waals surface area contributed by atoms with Crippen molar-refractivity contribution in [1.29, 1.82) is 0 Å². The van der Waals surface area contributed by atoms with Crippen LogP contribution in [0.15, 0.2) is 35.3 Å². The monoisotopic (exact) mass is 564 g/mol. The molecule has 0 spiro atoms. The van der Waals surface area contributed by atoms with Crippen molar-refractivity contribution in [3.63, 3.8) is 0 Å². The van der Waals surface area contributed by atoms with Crippen LogP contribution in [0.1, 0.15) is 65.0 Å². The fourth-order valence-corrected chi connectivity index (χ4v) is 5.75. The number of piperidine rings is 1. The summed E-state index contributed by atoms with van der Waals surface area (Å²) >= 11 is 0. The van der Waals surface area contributed by atoms with Gasteiger partial charge in [-0.3, -0.25) is 14.4 Å². The molecule has 1 saturated heterocycles. The summed E-state index contributed by atoms with van der Waals surface area (Å²) in [4.78, 5) is 44.2. The quantitative estimate of drug-likeness (QED) is 0.410. The summed E-state index contributed by atoms with van der Waals surface area (Å²) in [6.07, 6.45) is 4.04. The Morgan fingerprint density at radius 3 is 2.59 bits per heavy atom. The SMILES string of the molecule is CC(=O)N1CCC[C@@H](Cn2c(-c3cc(C)c(=O)n(C)c3)nc3cc(CC[C@H](C(=O)OC(C)(C)C)[C@@H](C)O)ccc32)C1. The Hall–Kier alpha value is -3.46. The summed E-state index contributed by atoms with van der Waals surface area (Å²) in [6.45, 7) is 12.7. The molecule has 9 heteroatoms. The lowest BCUT2D eigenvalue weighted by Gasteiger charge is -2.32. The van der Waals surface area contributed by atoms with Crippen molar-refractivity contribution in [2.75, 3.05) is 13.1 Å². The van der Waals surface area contributed by atoms with Gasteiger partial charge in [0.1, 0.15) is 11.4 Å². The number of hydrogen-bond acceptors (Lipinski definition) is 6. The van der Waals surface area contributed by atoms with Gasteiger partial charge < -0.3 is 23.9 Å². The van der Waals surface area contributed by atoms with Gasteiger partial charge in [0, 0.05) is 50.9 Å². The molecule has 222 valence electrons. The number of carbonyl (C=O) groups excluding carboxylic acids is 2. The summed E-state index contributed by atoms with van der Waals surface area (Å²) in [5, 5.41) is 10.3. The number of nitrogens with zero attached hydrogens (tertiary/aromatic N) is 4. The van der Waals surface area contributed by atoms with Crippen LogP contribution >= 0.6 is 0 Å². The van der Waals surface area contributed by atoms with Gasteiger partial charge in [-0.2, -0.15) is 0 Å². The van der Waals surface area contributed by atoms with Crippen LogP contribution in [0.2, 0.25) is 0 Å². The summed E-state index contributed by atoms with van der Waals surface area (Å²) < 4.78 is 9.35. The molecule has 0 bridgehead atoms. The van der Waals surface area contributed by atoms with Crippen LogP contribution in [0.4, 0.5) is 0 Å². The number of benzene rings is 1. The number of likely N-dealkylation sites (tertiary alicyclic amines) is 1. The number of carbonyl (C=O) groups is 2. The average Bonchev–Trinajstić information content (AvgIpc) is 3.23. The van der Waals surface area contributed by atoms with Gasteiger partial charge in [0.05, 0.1) is 23.1 Å². The second kappa shape index (κ2) is 12.2. The predicted molar refractivity (Wildman–Crippen MR) is 159 cm³/mol. The molecule has 1 amide bonds. The van der Waals surface area contributed by atoms with Crippen LogP contribution < -0.4 is 5.56 Å². The van der Waals surface area contributed by atoms with E-state index in [9.17, 15) is 19.5 Å². The molecule has 3 heterocycles. The average molecular weight is 565 g/mol. The molecule has 1 N–H and O–H groups in total. The molecule has 3 aromatic rings. The maximum atomic E-state index is 12.7. The minimum absolute atomic E-state index is 0.0410. The van der Waals surface area contributed by atoms with Crippen molar-refractivity contribution in [2.24, 2.45) is 18.9 Å². The third-order valence-electron chi connectivity index (χ3n) is 7.87. The Balaban J connectivity index is 1.68. The Kier molecular flexibility index (Phi) is 9.07. The third-order valence-corrected chi connectivity index (χ3v) is 7.87. The van der Waals surface area contributed by atoms with E-state index in [1.54, 1.807) is 25.5 Å². The topological polar surface area (TPSA) is 107 Å². The standard InChI is InChI=1S/C32H44N4O5/c1-20-15-25(19-34(7)30(20)39)29-33-27-16-23(10-12-26(21(2)37)31(40)41-32(4,5)6)11-13-28(27)36(29)18-24-9-8-14-35(17-24)22(3)38/h11,13,15-16,19,21,24,26,37H,8-10,12,14,17-18H2,1-7H3/t21-,24-,26+/m1/s1. The lowest BCUT2D eigenvalue weighted by molar-refractivity contribution is -0.163. The lowest BCUT2D eigenvalue weighted by atomic mass is 9.94. The van der Waals surface area contributed by atoms with E-state index < -0.39 is 23.6 Å². The molecular formula is C32H44N4O5. The van der Waals surface area contributed by atoms with E-state index in [0.717, 1.165) is 47.4 Å². The first-order valence-electron chi connectivity index (χ1n) is 14.6.